The van der Waals surface area contributed by atoms with E-state index >= 15 is 0 Å². The number of hydrogen-bond donors (Lipinski definition) is 1. The van der Waals surface area contributed by atoms with E-state index in [0.29, 0.717) is 12.5 Å². The topological polar surface area (TPSA) is 60.9 Å². The molecular weight excluding hydrogens is 276 g/mol. The molecule has 1 aliphatic carbocycles. The lowest BCUT2D eigenvalue weighted by Crippen LogP contribution is -2.54. The summed E-state index contributed by atoms with van der Waals surface area (Å²) in [5.74, 6) is 1.46. The van der Waals surface area contributed by atoms with Crippen molar-refractivity contribution >= 4 is 23.8 Å². The molecule has 0 aromatic rings. The standard InChI is InChI=1S/C14H24N2O3S/c1-10(2)16(8-11-3-4-11)14(19)15-5-6-20-9-12(15)7-13(17)18/h10-12H,3-9H2,1-2H3,(H,17,18). The molecule has 114 valence electrons. The van der Waals surface area contributed by atoms with Gasteiger partial charge >= 0.3 is 12.0 Å². The van der Waals surface area contributed by atoms with Crippen LogP contribution >= 0.6 is 11.8 Å². The highest BCUT2D eigenvalue weighted by Crippen LogP contribution is 2.31. The predicted octanol–water partition coefficient (Wildman–Crippen LogP) is 2.12. The van der Waals surface area contributed by atoms with Crippen molar-refractivity contribution in [3.05, 3.63) is 0 Å². The Hall–Kier alpha value is -0.910. The second-order valence-corrected chi connectivity index (χ2v) is 7.14. The maximum atomic E-state index is 12.7. The fourth-order valence-electron chi connectivity index (χ4n) is 2.53. The van der Waals surface area contributed by atoms with Crippen molar-refractivity contribution < 1.29 is 14.7 Å². The number of urea groups is 1. The van der Waals surface area contributed by atoms with Crippen molar-refractivity contribution in [2.75, 3.05) is 24.6 Å². The summed E-state index contributed by atoms with van der Waals surface area (Å²) in [6, 6.07) is 0.0285. The van der Waals surface area contributed by atoms with Gasteiger partial charge in [-0.15, -0.1) is 0 Å². The Labute approximate surface area is 124 Å². The molecule has 2 fully saturated rings. The number of aliphatic carboxylic acids is 1. The van der Waals surface area contributed by atoms with Crippen LogP contribution in [0.5, 0.6) is 0 Å². The molecule has 6 heteroatoms. The van der Waals surface area contributed by atoms with E-state index in [-0.39, 0.29) is 24.5 Å². The Balaban J connectivity index is 2.03. The Morgan fingerprint density at radius 3 is 2.65 bits per heavy atom. The number of rotatable bonds is 5. The third kappa shape index (κ3) is 4.04. The maximum Gasteiger partial charge on any atom is 0.320 e. The minimum Gasteiger partial charge on any atom is -0.481 e. The predicted molar refractivity (Wildman–Crippen MR) is 80.0 cm³/mol. The highest BCUT2D eigenvalue weighted by atomic mass is 32.2. The molecule has 0 aromatic heterocycles. The van der Waals surface area contributed by atoms with Gasteiger partial charge in [-0.1, -0.05) is 0 Å². The molecule has 1 saturated carbocycles. The zero-order chi connectivity index (χ0) is 14.7. The molecular formula is C14H24N2O3S. The van der Waals surface area contributed by atoms with Gasteiger partial charge < -0.3 is 14.9 Å². The van der Waals surface area contributed by atoms with Crippen LogP contribution in [0.3, 0.4) is 0 Å². The molecule has 20 heavy (non-hydrogen) atoms. The summed E-state index contributed by atoms with van der Waals surface area (Å²) in [7, 11) is 0. The lowest BCUT2D eigenvalue weighted by molar-refractivity contribution is -0.138. The van der Waals surface area contributed by atoms with E-state index in [2.05, 4.69) is 0 Å². The van der Waals surface area contributed by atoms with Gasteiger partial charge in [0.2, 0.25) is 0 Å². The quantitative estimate of drug-likeness (QED) is 0.845. The summed E-state index contributed by atoms with van der Waals surface area (Å²) in [6.07, 6.45) is 2.48. The van der Waals surface area contributed by atoms with Gasteiger partial charge in [-0.3, -0.25) is 4.79 Å². The Morgan fingerprint density at radius 2 is 2.10 bits per heavy atom. The van der Waals surface area contributed by atoms with E-state index in [9.17, 15) is 9.59 Å². The molecule has 1 unspecified atom stereocenters. The molecule has 0 bridgehead atoms. The SMILES string of the molecule is CC(C)N(CC1CC1)C(=O)N1CCSCC1CC(=O)O. The number of thioether (sulfide) groups is 1. The molecule has 1 aliphatic heterocycles. The summed E-state index contributed by atoms with van der Waals surface area (Å²) in [5.41, 5.74) is 0. The zero-order valence-electron chi connectivity index (χ0n) is 12.2. The highest BCUT2D eigenvalue weighted by Gasteiger charge is 2.35. The Kier molecular flexibility index (Phi) is 5.18. The number of nitrogens with zero attached hydrogens (tertiary/aromatic N) is 2. The number of hydrogen-bond acceptors (Lipinski definition) is 3. The van der Waals surface area contributed by atoms with E-state index in [1.807, 2.05) is 18.7 Å². The largest absolute Gasteiger partial charge is 0.481 e. The van der Waals surface area contributed by atoms with Gasteiger partial charge in [0.05, 0.1) is 12.5 Å². The molecule has 5 nitrogen and oxygen atoms in total. The van der Waals surface area contributed by atoms with Crippen LogP contribution in [0.25, 0.3) is 0 Å². The number of carboxylic acid groups (broad SMARTS) is 1. The van der Waals surface area contributed by atoms with E-state index in [1.165, 1.54) is 12.8 Å². The van der Waals surface area contributed by atoms with E-state index in [0.717, 1.165) is 18.1 Å². The van der Waals surface area contributed by atoms with Crippen molar-refractivity contribution in [3.8, 4) is 0 Å². The van der Waals surface area contributed by atoms with Crippen LogP contribution in [-0.2, 0) is 4.79 Å². The first-order valence-electron chi connectivity index (χ1n) is 7.35. The van der Waals surface area contributed by atoms with Gasteiger partial charge in [0.25, 0.3) is 0 Å². The molecule has 2 aliphatic rings. The van der Waals surface area contributed by atoms with Crippen LogP contribution in [0, 0.1) is 5.92 Å². The first-order chi connectivity index (χ1) is 9.49. The zero-order valence-corrected chi connectivity index (χ0v) is 13.1. The third-order valence-corrected chi connectivity index (χ3v) is 5.00. The van der Waals surface area contributed by atoms with E-state index in [4.69, 9.17) is 5.11 Å². The highest BCUT2D eigenvalue weighted by molar-refractivity contribution is 7.99. The minimum atomic E-state index is -0.825. The Morgan fingerprint density at radius 1 is 1.40 bits per heavy atom. The Bertz CT molecular complexity index is 371. The van der Waals surface area contributed by atoms with Gasteiger partial charge in [0.15, 0.2) is 0 Å². The van der Waals surface area contributed by atoms with Crippen molar-refractivity contribution in [3.63, 3.8) is 0 Å². The number of carboxylic acids is 1. The first kappa shape index (κ1) is 15.5. The summed E-state index contributed by atoms with van der Waals surface area (Å²) in [6.45, 7) is 5.55. The molecule has 0 spiro atoms. The van der Waals surface area contributed by atoms with Gasteiger partial charge in [-0.05, 0) is 32.6 Å². The average molecular weight is 300 g/mol. The molecule has 0 radical (unpaired) electrons. The minimum absolute atomic E-state index is 0.0263. The second kappa shape index (κ2) is 6.70. The van der Waals surface area contributed by atoms with Crippen LogP contribution in [0.4, 0.5) is 4.79 Å². The molecule has 2 rings (SSSR count). The van der Waals surface area contributed by atoms with Gasteiger partial charge in [0, 0.05) is 30.6 Å². The van der Waals surface area contributed by atoms with Crippen LogP contribution in [0.2, 0.25) is 0 Å². The molecule has 1 saturated heterocycles. The average Bonchev–Trinajstić information content (AvgIpc) is 3.18. The summed E-state index contributed by atoms with van der Waals surface area (Å²) in [4.78, 5) is 27.4. The van der Waals surface area contributed by atoms with Crippen LogP contribution in [0.1, 0.15) is 33.1 Å². The monoisotopic (exact) mass is 300 g/mol. The summed E-state index contributed by atoms with van der Waals surface area (Å²) >= 11 is 1.74. The van der Waals surface area contributed by atoms with Crippen molar-refractivity contribution in [1.82, 2.24) is 9.80 Å². The fraction of sp³-hybridized carbons (Fsp3) is 0.857. The number of carbonyl (C=O) groups excluding carboxylic acids is 1. The number of carbonyl (C=O) groups is 2. The lowest BCUT2D eigenvalue weighted by atomic mass is 10.2. The normalized spacial score (nSPS) is 22.9. The van der Waals surface area contributed by atoms with Crippen LogP contribution in [-0.4, -0.2) is 63.6 Å². The van der Waals surface area contributed by atoms with Gasteiger partial charge in [-0.2, -0.15) is 11.8 Å². The molecule has 0 aromatic carbocycles. The maximum absolute atomic E-state index is 12.7. The van der Waals surface area contributed by atoms with Gasteiger partial charge in [0.1, 0.15) is 0 Å². The van der Waals surface area contributed by atoms with Crippen molar-refractivity contribution in [1.29, 1.82) is 0 Å². The van der Waals surface area contributed by atoms with Crippen LogP contribution in [0.15, 0.2) is 0 Å². The lowest BCUT2D eigenvalue weighted by Gasteiger charge is -2.39. The molecule has 1 atom stereocenters. The molecule has 1 heterocycles. The molecule has 1 N–H and O–H groups in total. The summed E-state index contributed by atoms with van der Waals surface area (Å²) < 4.78 is 0. The van der Waals surface area contributed by atoms with Crippen molar-refractivity contribution in [2.45, 2.75) is 45.2 Å². The third-order valence-electron chi connectivity index (χ3n) is 3.90. The van der Waals surface area contributed by atoms with E-state index < -0.39 is 5.97 Å². The van der Waals surface area contributed by atoms with E-state index in [1.54, 1.807) is 16.7 Å². The number of amides is 2. The fourth-order valence-corrected chi connectivity index (χ4v) is 3.59. The second-order valence-electron chi connectivity index (χ2n) is 5.99. The smallest absolute Gasteiger partial charge is 0.320 e. The van der Waals surface area contributed by atoms with Crippen molar-refractivity contribution in [2.24, 2.45) is 5.92 Å². The molecule has 2 amide bonds. The van der Waals surface area contributed by atoms with Crippen LogP contribution < -0.4 is 0 Å². The summed E-state index contributed by atoms with van der Waals surface area (Å²) in [5, 5.41) is 9.01. The first-order valence-corrected chi connectivity index (χ1v) is 8.51. The van der Waals surface area contributed by atoms with Gasteiger partial charge in [-0.25, -0.2) is 4.79 Å².